The number of ketones is 1. The molecule has 9 heteroatoms. The number of carbonyl (C=O) groups excluding carboxylic acids is 1. The average molecular weight is 438 g/mol. The molecule has 1 saturated carbocycles. The molecule has 0 atom stereocenters. The van der Waals surface area contributed by atoms with Crippen LogP contribution in [0.2, 0.25) is 0 Å². The van der Waals surface area contributed by atoms with E-state index in [0.717, 1.165) is 42.5 Å². The van der Waals surface area contributed by atoms with Gasteiger partial charge in [-0.1, -0.05) is 0 Å². The summed E-state index contributed by atoms with van der Waals surface area (Å²) in [6.45, 7) is 1.97. The first kappa shape index (κ1) is 20.8. The van der Waals surface area contributed by atoms with Crippen LogP contribution in [0.1, 0.15) is 31.4 Å². The van der Waals surface area contributed by atoms with Gasteiger partial charge in [-0.15, -0.1) is 0 Å². The quantitative estimate of drug-likeness (QED) is 0.609. The van der Waals surface area contributed by atoms with Crippen molar-refractivity contribution in [1.29, 1.82) is 0 Å². The SMILES string of the molecule is O=C(Cc1cc2cc(-c3cncc(NC4CCNCC4)n3)ncc2cn1)C1CC(F)(F)C1. The van der Waals surface area contributed by atoms with E-state index in [1.54, 1.807) is 24.8 Å². The van der Waals surface area contributed by atoms with Crippen molar-refractivity contribution in [3.05, 3.63) is 42.6 Å². The summed E-state index contributed by atoms with van der Waals surface area (Å²) in [5.41, 5.74) is 1.89. The minimum absolute atomic E-state index is 0.0593. The summed E-state index contributed by atoms with van der Waals surface area (Å²) >= 11 is 0. The normalized spacial score (nSPS) is 18.9. The average Bonchev–Trinajstić information content (AvgIpc) is 2.78. The van der Waals surface area contributed by atoms with Crippen molar-refractivity contribution in [2.75, 3.05) is 18.4 Å². The third-order valence-electron chi connectivity index (χ3n) is 6.15. The summed E-state index contributed by atoms with van der Waals surface area (Å²) in [7, 11) is 0. The number of piperidine rings is 1. The van der Waals surface area contributed by atoms with E-state index in [-0.39, 0.29) is 25.0 Å². The molecule has 7 nitrogen and oxygen atoms in total. The largest absolute Gasteiger partial charge is 0.366 e. The molecule has 0 bridgehead atoms. The number of anilines is 1. The van der Waals surface area contributed by atoms with Gasteiger partial charge in [0.05, 0.1) is 18.1 Å². The van der Waals surface area contributed by atoms with Crippen molar-refractivity contribution < 1.29 is 13.6 Å². The number of halogens is 2. The van der Waals surface area contributed by atoms with Crippen LogP contribution < -0.4 is 10.6 Å². The molecule has 0 aromatic carbocycles. The summed E-state index contributed by atoms with van der Waals surface area (Å²) < 4.78 is 26.1. The Hall–Kier alpha value is -3.07. The smallest absolute Gasteiger partial charge is 0.249 e. The predicted octanol–water partition coefficient (Wildman–Crippen LogP) is 3.41. The molecule has 1 aliphatic carbocycles. The predicted molar refractivity (Wildman–Crippen MR) is 116 cm³/mol. The molecule has 4 heterocycles. The second-order valence-electron chi connectivity index (χ2n) is 8.65. The Kier molecular flexibility index (Phi) is 5.50. The second-order valence-corrected chi connectivity index (χ2v) is 8.65. The van der Waals surface area contributed by atoms with Gasteiger partial charge in [0.1, 0.15) is 17.3 Å². The molecule has 3 aromatic rings. The summed E-state index contributed by atoms with van der Waals surface area (Å²) in [5.74, 6) is -2.73. The molecule has 2 fully saturated rings. The lowest BCUT2D eigenvalue weighted by atomic mass is 9.77. The number of Topliss-reactive ketones (excluding diaryl/α,β-unsaturated/α-hetero) is 1. The molecule has 0 spiro atoms. The third kappa shape index (κ3) is 4.57. The van der Waals surface area contributed by atoms with Crippen LogP contribution in [0.3, 0.4) is 0 Å². The van der Waals surface area contributed by atoms with Gasteiger partial charge in [0.15, 0.2) is 0 Å². The molecule has 5 rings (SSSR count). The number of pyridine rings is 2. The molecule has 1 saturated heterocycles. The maximum Gasteiger partial charge on any atom is 0.249 e. The fourth-order valence-corrected chi connectivity index (χ4v) is 4.27. The number of aromatic nitrogens is 4. The number of hydrogen-bond acceptors (Lipinski definition) is 7. The number of fused-ring (bicyclic) bond motifs is 1. The Labute approximate surface area is 184 Å². The number of alkyl halides is 2. The van der Waals surface area contributed by atoms with Crippen LogP contribution in [0, 0.1) is 5.92 Å². The van der Waals surface area contributed by atoms with E-state index in [4.69, 9.17) is 0 Å². The van der Waals surface area contributed by atoms with Gasteiger partial charge in [-0.05, 0) is 43.5 Å². The molecule has 32 heavy (non-hydrogen) atoms. The summed E-state index contributed by atoms with van der Waals surface area (Å²) in [4.78, 5) is 30.1. The lowest BCUT2D eigenvalue weighted by molar-refractivity contribution is -0.147. The van der Waals surface area contributed by atoms with Crippen molar-refractivity contribution in [2.45, 2.75) is 44.1 Å². The minimum Gasteiger partial charge on any atom is -0.366 e. The van der Waals surface area contributed by atoms with Crippen LogP contribution in [0.4, 0.5) is 14.6 Å². The van der Waals surface area contributed by atoms with Crippen LogP contribution in [-0.2, 0) is 11.2 Å². The fraction of sp³-hybridized carbons (Fsp3) is 0.435. The van der Waals surface area contributed by atoms with E-state index in [0.29, 0.717) is 23.1 Å². The molecule has 3 aromatic heterocycles. The molecule has 166 valence electrons. The first-order valence-corrected chi connectivity index (χ1v) is 10.9. The van der Waals surface area contributed by atoms with Crippen molar-refractivity contribution in [3.63, 3.8) is 0 Å². The summed E-state index contributed by atoms with van der Waals surface area (Å²) in [6.07, 6.45) is 8.18. The third-order valence-corrected chi connectivity index (χ3v) is 6.15. The minimum atomic E-state index is -2.70. The zero-order valence-corrected chi connectivity index (χ0v) is 17.5. The molecule has 1 aliphatic heterocycles. The van der Waals surface area contributed by atoms with E-state index >= 15 is 0 Å². The zero-order valence-electron chi connectivity index (χ0n) is 17.5. The van der Waals surface area contributed by atoms with Crippen molar-refractivity contribution in [2.24, 2.45) is 5.92 Å². The van der Waals surface area contributed by atoms with Crippen molar-refractivity contribution in [1.82, 2.24) is 25.3 Å². The Balaban J connectivity index is 1.33. The molecule has 0 radical (unpaired) electrons. The highest BCUT2D eigenvalue weighted by molar-refractivity contribution is 5.87. The number of hydrogen-bond donors (Lipinski definition) is 2. The van der Waals surface area contributed by atoms with Gasteiger partial charge in [0, 0.05) is 54.7 Å². The highest BCUT2D eigenvalue weighted by Gasteiger charge is 2.48. The van der Waals surface area contributed by atoms with Crippen LogP contribution in [0.25, 0.3) is 22.2 Å². The van der Waals surface area contributed by atoms with Crippen LogP contribution >= 0.6 is 0 Å². The number of nitrogens with one attached hydrogen (secondary N) is 2. The molecule has 2 aliphatic rings. The molecular formula is C23H24F2N6O. The summed E-state index contributed by atoms with van der Waals surface area (Å²) in [6, 6.07) is 4.08. The van der Waals surface area contributed by atoms with Crippen LogP contribution in [0.15, 0.2) is 36.9 Å². The fourth-order valence-electron chi connectivity index (χ4n) is 4.27. The molecule has 2 N–H and O–H groups in total. The standard InChI is InChI=1S/C23H24F2N6O/c24-23(25)8-15(9-23)21(32)7-18-5-14-6-19(29-11-16(14)10-28-18)20-12-27-13-22(31-20)30-17-1-3-26-4-2-17/h5-6,10-13,15,17,26H,1-4,7-9H2,(H,30,31). The maximum atomic E-state index is 13.1. The van der Waals surface area contributed by atoms with Crippen LogP contribution in [-0.4, -0.2) is 50.8 Å². The molecule has 0 unspecified atom stereocenters. The van der Waals surface area contributed by atoms with Crippen molar-refractivity contribution >= 4 is 22.4 Å². The highest BCUT2D eigenvalue weighted by atomic mass is 19.3. The Morgan fingerprint density at radius 3 is 2.59 bits per heavy atom. The van der Waals surface area contributed by atoms with E-state index in [9.17, 15) is 13.6 Å². The maximum absolute atomic E-state index is 13.1. The van der Waals surface area contributed by atoms with E-state index in [1.807, 2.05) is 12.1 Å². The number of carbonyl (C=O) groups is 1. The lowest BCUT2D eigenvalue weighted by Gasteiger charge is -2.33. The van der Waals surface area contributed by atoms with Crippen LogP contribution in [0.5, 0.6) is 0 Å². The van der Waals surface area contributed by atoms with Gasteiger partial charge in [-0.25, -0.2) is 13.8 Å². The van der Waals surface area contributed by atoms with E-state index < -0.39 is 11.8 Å². The number of rotatable bonds is 6. The summed E-state index contributed by atoms with van der Waals surface area (Å²) in [5, 5.41) is 8.48. The number of nitrogens with zero attached hydrogens (tertiary/aromatic N) is 4. The Bertz CT molecular complexity index is 1140. The first-order chi connectivity index (χ1) is 15.4. The zero-order chi connectivity index (χ0) is 22.1. The van der Waals surface area contributed by atoms with Gasteiger partial charge in [0.25, 0.3) is 0 Å². The van der Waals surface area contributed by atoms with Gasteiger partial charge in [-0.2, -0.15) is 0 Å². The van der Waals surface area contributed by atoms with Gasteiger partial charge in [0.2, 0.25) is 5.92 Å². The first-order valence-electron chi connectivity index (χ1n) is 10.9. The topological polar surface area (TPSA) is 92.7 Å². The Morgan fingerprint density at radius 2 is 1.81 bits per heavy atom. The van der Waals surface area contributed by atoms with Crippen molar-refractivity contribution in [3.8, 4) is 11.4 Å². The monoisotopic (exact) mass is 438 g/mol. The van der Waals surface area contributed by atoms with Gasteiger partial charge >= 0.3 is 0 Å². The Morgan fingerprint density at radius 1 is 1.03 bits per heavy atom. The van der Waals surface area contributed by atoms with E-state index in [2.05, 4.69) is 30.6 Å². The lowest BCUT2D eigenvalue weighted by Crippen LogP contribution is -2.40. The molecule has 0 amide bonds. The molecular weight excluding hydrogens is 414 g/mol. The van der Waals surface area contributed by atoms with E-state index in [1.165, 1.54) is 0 Å². The highest BCUT2D eigenvalue weighted by Crippen LogP contribution is 2.43. The van der Waals surface area contributed by atoms with Gasteiger partial charge < -0.3 is 10.6 Å². The second kappa shape index (κ2) is 8.46. The van der Waals surface area contributed by atoms with Gasteiger partial charge in [-0.3, -0.25) is 19.7 Å².